The summed E-state index contributed by atoms with van der Waals surface area (Å²) in [6.07, 6.45) is -4.96. The second-order valence-corrected chi connectivity index (χ2v) is 4.60. The van der Waals surface area contributed by atoms with Crippen LogP contribution in [0.15, 0.2) is 15.8 Å². The Morgan fingerprint density at radius 2 is 2.04 bits per heavy atom. The standard InChI is InChI=1S/C13H14F3N3O5.Ac/c14-13(15,16)11(23)17-4-1-2-8-6-19(5-3-9(21)7-20)12(24)18-10(8)22;/h6,9,20-21H,3-5,7H2,(H,17,23)(H,18,22,24);. The molecule has 0 bridgehead atoms. The maximum atomic E-state index is 11.9. The van der Waals surface area contributed by atoms with Gasteiger partial charge in [0.25, 0.3) is 5.56 Å². The molecule has 1 amide bonds. The van der Waals surface area contributed by atoms with Crippen LogP contribution in [0.4, 0.5) is 13.2 Å². The fraction of sp³-hybridized carbons (Fsp3) is 0.462. The van der Waals surface area contributed by atoms with E-state index in [1.54, 1.807) is 0 Å². The number of nitrogens with zero attached hydrogens (tertiary/aromatic N) is 1. The Kier molecular flexibility index (Phi) is 10.3. The van der Waals surface area contributed by atoms with Gasteiger partial charge in [-0.1, -0.05) is 11.8 Å². The first-order chi connectivity index (χ1) is 11.1. The molecule has 1 atom stereocenters. The molecular weight excluding hydrogens is 562 g/mol. The first kappa shape index (κ1) is 23.9. The van der Waals surface area contributed by atoms with E-state index in [0.717, 1.165) is 10.8 Å². The van der Waals surface area contributed by atoms with Gasteiger partial charge in [0, 0.05) is 56.8 Å². The number of alkyl halides is 3. The molecule has 4 N–H and O–H groups in total. The SMILES string of the molecule is O=C(NCC#Cc1cn(CCC(O)CO)c(=O)[nH]c1=O)C(F)(F)F.[Ac]. The molecule has 135 valence electrons. The zero-order valence-corrected chi connectivity index (χ0v) is 17.5. The number of aromatic amines is 1. The molecule has 0 saturated carbocycles. The number of aliphatic hydroxyl groups excluding tert-OH is 2. The van der Waals surface area contributed by atoms with Gasteiger partial charge >= 0.3 is 17.8 Å². The number of hydrogen-bond donors (Lipinski definition) is 4. The Labute approximate surface area is 175 Å². The minimum atomic E-state index is -5.03. The second kappa shape index (κ2) is 10.8. The first-order valence-corrected chi connectivity index (χ1v) is 6.61. The number of amides is 1. The molecular formula is C13H14AcF3N3O5. The van der Waals surface area contributed by atoms with Crippen LogP contribution in [0.3, 0.4) is 0 Å². The average Bonchev–Trinajstić information content (AvgIpc) is 2.50. The maximum Gasteiger partial charge on any atom is 0.471 e. The Balaban J connectivity index is 0.00000576. The zero-order chi connectivity index (χ0) is 18.3. The summed E-state index contributed by atoms with van der Waals surface area (Å²) in [4.78, 5) is 35.6. The quantitative estimate of drug-likeness (QED) is 0.312. The van der Waals surface area contributed by atoms with E-state index in [9.17, 15) is 32.7 Å². The topological polar surface area (TPSA) is 124 Å². The van der Waals surface area contributed by atoms with Crippen molar-refractivity contribution in [3.63, 3.8) is 0 Å². The summed E-state index contributed by atoms with van der Waals surface area (Å²) < 4.78 is 36.9. The number of carbonyl (C=O) groups excluding carboxylic acids is 1. The number of aromatic nitrogens is 2. The van der Waals surface area contributed by atoms with E-state index in [1.807, 2.05) is 4.98 Å². The predicted molar refractivity (Wildman–Crippen MR) is 75.0 cm³/mol. The van der Waals surface area contributed by atoms with Gasteiger partial charge in [0.1, 0.15) is 5.56 Å². The van der Waals surface area contributed by atoms with Crippen molar-refractivity contribution in [2.45, 2.75) is 25.2 Å². The molecule has 1 aromatic heterocycles. The van der Waals surface area contributed by atoms with Gasteiger partial charge < -0.3 is 15.5 Å². The summed E-state index contributed by atoms with van der Waals surface area (Å²) in [5.41, 5.74) is -1.80. The van der Waals surface area contributed by atoms with Crippen molar-refractivity contribution >= 4 is 5.91 Å². The predicted octanol–water partition coefficient (Wildman–Crippen LogP) is -1.69. The molecule has 0 aromatic carbocycles. The zero-order valence-electron chi connectivity index (χ0n) is 12.8. The normalized spacial score (nSPS) is 11.7. The third kappa shape index (κ3) is 8.19. The van der Waals surface area contributed by atoms with E-state index in [2.05, 4.69) is 11.8 Å². The third-order valence-corrected chi connectivity index (χ3v) is 2.74. The van der Waals surface area contributed by atoms with Gasteiger partial charge in [-0.15, -0.1) is 0 Å². The van der Waals surface area contributed by atoms with Crippen molar-refractivity contribution in [1.82, 2.24) is 14.9 Å². The molecule has 0 saturated heterocycles. The number of aryl methyl sites for hydroxylation is 1. The van der Waals surface area contributed by atoms with Crippen molar-refractivity contribution < 1.29 is 72.2 Å². The van der Waals surface area contributed by atoms with Crippen LogP contribution in [0.1, 0.15) is 12.0 Å². The minimum Gasteiger partial charge on any atom is -0.394 e. The van der Waals surface area contributed by atoms with Gasteiger partial charge in [-0.2, -0.15) is 13.2 Å². The van der Waals surface area contributed by atoms with Crippen molar-refractivity contribution in [2.24, 2.45) is 0 Å². The molecule has 0 aliphatic rings. The van der Waals surface area contributed by atoms with Gasteiger partial charge in [-0.25, -0.2) is 4.79 Å². The number of carbonyl (C=O) groups is 1. The molecule has 1 radical (unpaired) electrons. The molecule has 1 unspecified atom stereocenters. The van der Waals surface area contributed by atoms with E-state index in [-0.39, 0.29) is 62.6 Å². The molecule has 8 nitrogen and oxygen atoms in total. The number of halogens is 3. The van der Waals surface area contributed by atoms with E-state index >= 15 is 0 Å². The molecule has 1 heterocycles. The van der Waals surface area contributed by atoms with E-state index in [1.165, 1.54) is 5.32 Å². The van der Waals surface area contributed by atoms with E-state index in [4.69, 9.17) is 5.11 Å². The van der Waals surface area contributed by atoms with Gasteiger partial charge in [0.15, 0.2) is 0 Å². The van der Waals surface area contributed by atoms with Crippen LogP contribution in [-0.4, -0.2) is 51.1 Å². The summed E-state index contributed by atoms with van der Waals surface area (Å²) in [5.74, 6) is 2.24. The smallest absolute Gasteiger partial charge is 0.394 e. The molecule has 1 rings (SSSR count). The number of hydrogen-bond acceptors (Lipinski definition) is 5. The maximum absolute atomic E-state index is 11.9. The van der Waals surface area contributed by atoms with Crippen molar-refractivity contribution in [3.05, 3.63) is 32.6 Å². The van der Waals surface area contributed by atoms with Crippen molar-refractivity contribution in [1.29, 1.82) is 0 Å². The summed E-state index contributed by atoms with van der Waals surface area (Å²) >= 11 is 0. The van der Waals surface area contributed by atoms with Crippen LogP contribution < -0.4 is 16.6 Å². The first-order valence-electron chi connectivity index (χ1n) is 6.61. The van der Waals surface area contributed by atoms with Crippen LogP contribution in [0.5, 0.6) is 0 Å². The molecule has 1 aromatic rings. The summed E-state index contributed by atoms with van der Waals surface area (Å²) in [6, 6.07) is 0. The fourth-order valence-corrected chi connectivity index (χ4v) is 1.51. The Hall–Kier alpha value is -1.14. The van der Waals surface area contributed by atoms with Crippen molar-refractivity contribution in [2.75, 3.05) is 13.2 Å². The molecule has 25 heavy (non-hydrogen) atoms. The van der Waals surface area contributed by atoms with Crippen LogP contribution in [0.2, 0.25) is 0 Å². The fourth-order valence-electron chi connectivity index (χ4n) is 1.51. The van der Waals surface area contributed by atoms with Gasteiger partial charge in [-0.3, -0.25) is 19.1 Å². The summed E-state index contributed by atoms with van der Waals surface area (Å²) in [5, 5.41) is 19.4. The van der Waals surface area contributed by atoms with Crippen LogP contribution in [0.25, 0.3) is 0 Å². The number of aliphatic hydroxyl groups is 2. The summed E-state index contributed by atoms with van der Waals surface area (Å²) in [7, 11) is 0. The van der Waals surface area contributed by atoms with Crippen LogP contribution in [0, 0.1) is 55.9 Å². The van der Waals surface area contributed by atoms with Gasteiger partial charge in [-0.05, 0) is 6.42 Å². The van der Waals surface area contributed by atoms with Gasteiger partial charge in [0.2, 0.25) is 0 Å². The molecule has 0 spiro atoms. The average molecular weight is 576 g/mol. The van der Waals surface area contributed by atoms with E-state index in [0.29, 0.717) is 0 Å². The Morgan fingerprint density at radius 3 is 2.60 bits per heavy atom. The summed E-state index contributed by atoms with van der Waals surface area (Å²) in [6.45, 7) is -1.15. The number of H-pyrrole nitrogens is 1. The van der Waals surface area contributed by atoms with Crippen LogP contribution >= 0.6 is 0 Å². The van der Waals surface area contributed by atoms with Crippen molar-refractivity contribution in [3.8, 4) is 11.8 Å². The molecule has 0 aliphatic heterocycles. The van der Waals surface area contributed by atoms with E-state index < -0.39 is 42.6 Å². The van der Waals surface area contributed by atoms with Crippen LogP contribution in [-0.2, 0) is 11.3 Å². The molecule has 12 heteroatoms. The Bertz CT molecular complexity index is 763. The van der Waals surface area contributed by atoms with Gasteiger partial charge in [0.05, 0.1) is 19.3 Å². The monoisotopic (exact) mass is 576 g/mol. The Morgan fingerprint density at radius 1 is 1.40 bits per heavy atom. The number of nitrogens with one attached hydrogen (secondary N) is 2. The second-order valence-electron chi connectivity index (χ2n) is 4.60. The largest absolute Gasteiger partial charge is 0.471 e. The number of rotatable bonds is 5. The molecule has 0 fully saturated rings. The third-order valence-electron chi connectivity index (χ3n) is 2.74. The molecule has 0 aliphatic carbocycles. The minimum absolute atomic E-state index is 0.